The van der Waals surface area contributed by atoms with Gasteiger partial charge in [0.2, 0.25) is 11.8 Å². The Hall–Kier alpha value is -4.12. The number of anilines is 1. The lowest BCUT2D eigenvalue weighted by molar-refractivity contribution is -0.140. The van der Waals surface area contributed by atoms with Crippen LogP contribution < -0.4 is 19.1 Å². The predicted octanol–water partition coefficient (Wildman–Crippen LogP) is 5.29. The number of methoxy groups -OCH3 is 1. The highest BCUT2D eigenvalue weighted by Gasteiger charge is 2.34. The average Bonchev–Trinajstić information content (AvgIpc) is 3.53. The van der Waals surface area contributed by atoms with Gasteiger partial charge >= 0.3 is 0 Å². The summed E-state index contributed by atoms with van der Waals surface area (Å²) >= 11 is 0. The van der Waals surface area contributed by atoms with Crippen molar-refractivity contribution in [2.24, 2.45) is 0 Å². The predicted molar refractivity (Wildman–Crippen MR) is 167 cm³/mol. The van der Waals surface area contributed by atoms with Crippen LogP contribution in [0.25, 0.3) is 0 Å². The minimum atomic E-state index is -4.32. The Morgan fingerprint density at radius 1 is 0.977 bits per heavy atom. The second-order valence-electron chi connectivity index (χ2n) is 10.7. The Labute approximate surface area is 259 Å². The molecular formula is C33H40FN3O6S. The first kappa shape index (κ1) is 32.8. The number of carbonyl (C=O) groups is 2. The minimum Gasteiger partial charge on any atom is -0.497 e. The Kier molecular flexibility index (Phi) is 11.2. The largest absolute Gasteiger partial charge is 0.497 e. The van der Waals surface area contributed by atoms with Crippen LogP contribution in [0.15, 0.2) is 77.7 Å². The standard InChI is InChI=1S/C33H40FN3O6S/c1-4-31(33(39)35-26-10-6-7-11-26)36(22-24-9-8-12-29(21-24)42-3)32(38)23-37(27-15-17-28(18-16-27)43-5-2)44(40,41)30-19-13-25(34)14-20-30/h8-9,12-21,26,31H,4-7,10-11,22-23H2,1-3H3,(H,35,39). The highest BCUT2D eigenvalue weighted by molar-refractivity contribution is 7.92. The molecule has 44 heavy (non-hydrogen) atoms. The highest BCUT2D eigenvalue weighted by atomic mass is 32.2. The molecule has 2 amide bonds. The summed E-state index contributed by atoms with van der Waals surface area (Å²) < 4.78 is 53.5. The summed E-state index contributed by atoms with van der Waals surface area (Å²) in [7, 11) is -2.78. The molecule has 0 bridgehead atoms. The van der Waals surface area contributed by atoms with Crippen molar-refractivity contribution in [3.63, 3.8) is 0 Å². The molecule has 1 N–H and O–H groups in total. The first-order valence-corrected chi connectivity index (χ1v) is 16.3. The Morgan fingerprint density at radius 3 is 2.27 bits per heavy atom. The lowest BCUT2D eigenvalue weighted by atomic mass is 10.1. The van der Waals surface area contributed by atoms with Crippen molar-refractivity contribution in [3.8, 4) is 11.5 Å². The van der Waals surface area contributed by atoms with Crippen molar-refractivity contribution in [3.05, 3.63) is 84.2 Å². The zero-order chi connectivity index (χ0) is 31.7. The number of amides is 2. The van der Waals surface area contributed by atoms with Crippen molar-refractivity contribution in [2.45, 2.75) is 69.5 Å². The number of nitrogens with one attached hydrogen (secondary N) is 1. The number of halogens is 1. The molecule has 0 heterocycles. The van der Waals surface area contributed by atoms with Crippen LogP contribution in [0.5, 0.6) is 11.5 Å². The number of sulfonamides is 1. The summed E-state index contributed by atoms with van der Waals surface area (Å²) in [6.45, 7) is 3.55. The molecule has 0 spiro atoms. The van der Waals surface area contributed by atoms with Gasteiger partial charge in [0.15, 0.2) is 0 Å². The lowest BCUT2D eigenvalue weighted by Gasteiger charge is -2.34. The Morgan fingerprint density at radius 2 is 1.66 bits per heavy atom. The Bertz CT molecular complexity index is 1510. The normalized spacial score (nSPS) is 14.1. The third-order valence-corrected chi connectivity index (χ3v) is 9.48. The van der Waals surface area contributed by atoms with E-state index >= 15 is 0 Å². The zero-order valence-corrected chi connectivity index (χ0v) is 26.2. The SMILES string of the molecule is CCOc1ccc(N(CC(=O)N(Cc2cccc(OC)c2)C(CC)C(=O)NC2CCCC2)S(=O)(=O)c2ccc(F)cc2)cc1. The first-order chi connectivity index (χ1) is 21.2. The quantitative estimate of drug-likeness (QED) is 0.261. The van der Waals surface area contributed by atoms with Crippen molar-refractivity contribution in [1.29, 1.82) is 0 Å². The number of ether oxygens (including phenoxy) is 2. The zero-order valence-electron chi connectivity index (χ0n) is 25.4. The van der Waals surface area contributed by atoms with Crippen LogP contribution in [0, 0.1) is 5.82 Å². The molecule has 1 aliphatic rings. The van der Waals surface area contributed by atoms with E-state index in [0.29, 0.717) is 24.5 Å². The third-order valence-electron chi connectivity index (χ3n) is 7.69. The van der Waals surface area contributed by atoms with Gasteiger partial charge in [-0.05, 0) is 92.4 Å². The van der Waals surface area contributed by atoms with E-state index in [9.17, 15) is 22.4 Å². The van der Waals surface area contributed by atoms with Crippen molar-refractivity contribution >= 4 is 27.5 Å². The van der Waals surface area contributed by atoms with Crippen LogP contribution >= 0.6 is 0 Å². The van der Waals surface area contributed by atoms with Crippen LogP contribution in [0.2, 0.25) is 0 Å². The van der Waals surface area contributed by atoms with Gasteiger partial charge in [-0.2, -0.15) is 0 Å². The second kappa shape index (κ2) is 15.1. The van der Waals surface area contributed by atoms with Gasteiger partial charge in [-0.3, -0.25) is 13.9 Å². The topological polar surface area (TPSA) is 105 Å². The van der Waals surface area contributed by atoms with Gasteiger partial charge < -0.3 is 19.7 Å². The van der Waals surface area contributed by atoms with Crippen LogP contribution in [0.4, 0.5) is 10.1 Å². The van der Waals surface area contributed by atoms with Crippen LogP contribution in [0.3, 0.4) is 0 Å². The maximum Gasteiger partial charge on any atom is 0.264 e. The molecule has 1 unspecified atom stereocenters. The molecule has 1 saturated carbocycles. The molecule has 11 heteroatoms. The summed E-state index contributed by atoms with van der Waals surface area (Å²) in [5.74, 6) is -0.300. The van der Waals surface area contributed by atoms with E-state index in [-0.39, 0.29) is 29.1 Å². The summed E-state index contributed by atoms with van der Waals surface area (Å²) in [6, 6.07) is 17.2. The summed E-state index contributed by atoms with van der Waals surface area (Å²) in [5, 5.41) is 3.10. The van der Waals surface area contributed by atoms with Crippen molar-refractivity contribution < 1.29 is 31.9 Å². The fraction of sp³-hybridized carbons (Fsp3) is 0.394. The Balaban J connectivity index is 1.72. The van der Waals surface area contributed by atoms with Crippen LogP contribution in [-0.2, 0) is 26.2 Å². The molecule has 0 radical (unpaired) electrons. The highest BCUT2D eigenvalue weighted by Crippen LogP contribution is 2.27. The van der Waals surface area contributed by atoms with Crippen molar-refractivity contribution in [2.75, 3.05) is 24.6 Å². The molecule has 0 aromatic heterocycles. The van der Waals surface area contributed by atoms with Crippen LogP contribution in [-0.4, -0.2) is 57.5 Å². The smallest absolute Gasteiger partial charge is 0.264 e. The summed E-state index contributed by atoms with van der Waals surface area (Å²) in [4.78, 5) is 29.1. The summed E-state index contributed by atoms with van der Waals surface area (Å²) in [5.41, 5.74) is 0.940. The molecule has 3 aromatic rings. The van der Waals surface area contributed by atoms with Gasteiger partial charge in [0.1, 0.15) is 29.9 Å². The monoisotopic (exact) mass is 625 g/mol. The third kappa shape index (κ3) is 8.07. The molecule has 236 valence electrons. The number of rotatable bonds is 14. The van der Waals surface area contributed by atoms with Crippen LogP contribution in [0.1, 0.15) is 51.5 Å². The van der Waals surface area contributed by atoms with Gasteiger partial charge in [-0.25, -0.2) is 12.8 Å². The van der Waals surface area contributed by atoms with E-state index in [1.165, 1.54) is 4.90 Å². The van der Waals surface area contributed by atoms with E-state index in [1.807, 2.05) is 19.9 Å². The molecule has 0 aliphatic heterocycles. The van der Waals surface area contributed by atoms with Gasteiger partial charge in [0.25, 0.3) is 10.0 Å². The van der Waals surface area contributed by atoms with E-state index in [1.54, 1.807) is 49.6 Å². The average molecular weight is 626 g/mol. The molecule has 3 aromatic carbocycles. The van der Waals surface area contributed by atoms with Crippen molar-refractivity contribution in [1.82, 2.24) is 10.2 Å². The fourth-order valence-corrected chi connectivity index (χ4v) is 6.81. The summed E-state index contributed by atoms with van der Waals surface area (Å²) in [6.07, 6.45) is 4.15. The van der Waals surface area contributed by atoms with E-state index in [0.717, 1.165) is 59.8 Å². The second-order valence-corrected chi connectivity index (χ2v) is 12.5. The minimum absolute atomic E-state index is 0.0459. The van der Waals surface area contributed by atoms with Gasteiger partial charge in [-0.1, -0.05) is 31.9 Å². The van der Waals surface area contributed by atoms with Gasteiger partial charge in [0.05, 0.1) is 24.3 Å². The molecule has 0 saturated heterocycles. The van der Waals surface area contributed by atoms with Gasteiger partial charge in [-0.15, -0.1) is 0 Å². The van der Waals surface area contributed by atoms with E-state index < -0.39 is 34.3 Å². The molecular weight excluding hydrogens is 585 g/mol. The molecule has 4 rings (SSSR count). The lowest BCUT2D eigenvalue weighted by Crippen LogP contribution is -2.53. The maximum atomic E-state index is 14.3. The molecule has 9 nitrogen and oxygen atoms in total. The fourth-order valence-electron chi connectivity index (χ4n) is 5.39. The number of benzene rings is 3. The molecule has 1 fully saturated rings. The van der Waals surface area contributed by atoms with E-state index in [4.69, 9.17) is 9.47 Å². The molecule has 1 aliphatic carbocycles. The molecule has 1 atom stereocenters. The number of hydrogen-bond acceptors (Lipinski definition) is 6. The number of nitrogens with zero attached hydrogens (tertiary/aromatic N) is 2. The first-order valence-electron chi connectivity index (χ1n) is 14.9. The number of hydrogen-bond donors (Lipinski definition) is 1. The van der Waals surface area contributed by atoms with E-state index in [2.05, 4.69) is 5.32 Å². The van der Waals surface area contributed by atoms with Gasteiger partial charge in [0, 0.05) is 12.6 Å². The maximum absolute atomic E-state index is 14.3. The number of carbonyl (C=O) groups excluding carboxylic acids is 2.